The number of hydrogen-bond donors (Lipinski definition) is 2. The molecule has 3 nitrogen and oxygen atoms in total. The predicted molar refractivity (Wildman–Crippen MR) is 103 cm³/mol. The molecule has 0 aromatic heterocycles. The number of carbonyl (C=O) groups is 1. The molecule has 0 unspecified atom stereocenters. The van der Waals surface area contributed by atoms with Crippen molar-refractivity contribution < 1.29 is 9.69 Å². The third-order valence-electron chi connectivity index (χ3n) is 4.09. The molecule has 0 aliphatic rings. The SMILES string of the molecule is CC[NH+](CC)Cc1ccccc1CNC(=O)c1cccc(I)c1. The van der Waals surface area contributed by atoms with E-state index in [0.717, 1.165) is 23.2 Å². The second-order valence-electron chi connectivity index (χ2n) is 5.60. The van der Waals surface area contributed by atoms with Crippen molar-refractivity contribution in [3.05, 3.63) is 68.8 Å². The van der Waals surface area contributed by atoms with Crippen LogP contribution >= 0.6 is 22.6 Å². The summed E-state index contributed by atoms with van der Waals surface area (Å²) in [5.74, 6) is -0.0199. The van der Waals surface area contributed by atoms with Crippen LogP contribution in [-0.2, 0) is 13.1 Å². The number of halogens is 1. The second kappa shape index (κ2) is 9.03. The monoisotopic (exact) mass is 423 g/mol. The standard InChI is InChI=1S/C19H23IN2O/c1-3-22(4-2)14-17-9-6-5-8-16(17)13-21-19(23)15-10-7-11-18(20)12-15/h5-12H,3-4,13-14H2,1-2H3,(H,21,23)/p+1. The number of hydrogen-bond acceptors (Lipinski definition) is 1. The van der Waals surface area contributed by atoms with Gasteiger partial charge in [0.25, 0.3) is 5.91 Å². The van der Waals surface area contributed by atoms with Gasteiger partial charge in [0.1, 0.15) is 6.54 Å². The molecule has 0 aliphatic carbocycles. The minimum absolute atomic E-state index is 0.0199. The van der Waals surface area contributed by atoms with E-state index in [1.807, 2.05) is 30.3 Å². The first-order valence-corrected chi connectivity index (χ1v) is 9.16. The molecule has 0 aliphatic heterocycles. The van der Waals surface area contributed by atoms with Crippen LogP contribution in [0.5, 0.6) is 0 Å². The van der Waals surface area contributed by atoms with Crippen LogP contribution in [0.3, 0.4) is 0 Å². The lowest BCUT2D eigenvalue weighted by Gasteiger charge is -2.18. The van der Waals surface area contributed by atoms with Gasteiger partial charge in [-0.3, -0.25) is 4.79 Å². The summed E-state index contributed by atoms with van der Waals surface area (Å²) in [7, 11) is 0. The molecule has 2 N–H and O–H groups in total. The molecule has 0 fully saturated rings. The number of carbonyl (C=O) groups excluding carboxylic acids is 1. The van der Waals surface area contributed by atoms with Gasteiger partial charge < -0.3 is 10.2 Å². The molecule has 0 bridgehead atoms. The fourth-order valence-corrected chi connectivity index (χ4v) is 3.12. The second-order valence-corrected chi connectivity index (χ2v) is 6.84. The lowest BCUT2D eigenvalue weighted by atomic mass is 10.1. The molecule has 0 radical (unpaired) electrons. The fourth-order valence-electron chi connectivity index (χ4n) is 2.58. The summed E-state index contributed by atoms with van der Waals surface area (Å²) in [5, 5.41) is 3.04. The van der Waals surface area contributed by atoms with Gasteiger partial charge in [-0.05, 0) is 60.2 Å². The van der Waals surface area contributed by atoms with E-state index >= 15 is 0 Å². The molecule has 2 aromatic rings. The molecule has 122 valence electrons. The van der Waals surface area contributed by atoms with Gasteiger partial charge in [-0.2, -0.15) is 0 Å². The quantitative estimate of drug-likeness (QED) is 0.660. The lowest BCUT2D eigenvalue weighted by molar-refractivity contribution is -0.910. The first kappa shape index (κ1) is 17.9. The summed E-state index contributed by atoms with van der Waals surface area (Å²) < 4.78 is 1.07. The minimum atomic E-state index is -0.0199. The van der Waals surface area contributed by atoms with Crippen LogP contribution in [0, 0.1) is 3.57 Å². The van der Waals surface area contributed by atoms with Crippen LogP contribution in [0.2, 0.25) is 0 Å². The molecule has 23 heavy (non-hydrogen) atoms. The lowest BCUT2D eigenvalue weighted by Crippen LogP contribution is -3.10. The molecule has 0 spiro atoms. The molecule has 0 heterocycles. The van der Waals surface area contributed by atoms with Gasteiger partial charge in [0, 0.05) is 21.2 Å². The average Bonchev–Trinajstić information content (AvgIpc) is 2.58. The number of amides is 1. The Morgan fingerprint density at radius 3 is 2.39 bits per heavy atom. The minimum Gasteiger partial charge on any atom is -0.348 e. The fraction of sp³-hybridized carbons (Fsp3) is 0.316. The van der Waals surface area contributed by atoms with E-state index in [1.165, 1.54) is 11.1 Å². The summed E-state index contributed by atoms with van der Waals surface area (Å²) >= 11 is 2.22. The molecular formula is C19H24IN2O+. The maximum atomic E-state index is 12.3. The summed E-state index contributed by atoms with van der Waals surface area (Å²) in [6.45, 7) is 8.21. The van der Waals surface area contributed by atoms with Crippen molar-refractivity contribution in [3.8, 4) is 0 Å². The maximum Gasteiger partial charge on any atom is 0.251 e. The van der Waals surface area contributed by atoms with Crippen LogP contribution in [0.1, 0.15) is 35.3 Å². The molecular weight excluding hydrogens is 399 g/mol. The normalized spacial score (nSPS) is 10.8. The predicted octanol–water partition coefficient (Wildman–Crippen LogP) is 2.65. The summed E-state index contributed by atoms with van der Waals surface area (Å²) in [6, 6.07) is 16.0. The molecule has 0 atom stereocenters. The van der Waals surface area contributed by atoms with E-state index in [4.69, 9.17) is 0 Å². The Morgan fingerprint density at radius 2 is 1.74 bits per heavy atom. The first-order valence-electron chi connectivity index (χ1n) is 8.08. The maximum absolute atomic E-state index is 12.3. The zero-order chi connectivity index (χ0) is 16.7. The zero-order valence-electron chi connectivity index (χ0n) is 13.7. The molecule has 2 aromatic carbocycles. The highest BCUT2D eigenvalue weighted by Crippen LogP contribution is 2.10. The topological polar surface area (TPSA) is 33.5 Å². The van der Waals surface area contributed by atoms with Gasteiger partial charge in [0.2, 0.25) is 0 Å². The Hall–Kier alpha value is -1.40. The highest BCUT2D eigenvalue weighted by molar-refractivity contribution is 14.1. The summed E-state index contributed by atoms with van der Waals surface area (Å²) in [6.07, 6.45) is 0. The highest BCUT2D eigenvalue weighted by atomic mass is 127. The van der Waals surface area contributed by atoms with E-state index in [-0.39, 0.29) is 5.91 Å². The molecule has 2 rings (SSSR count). The third-order valence-corrected chi connectivity index (χ3v) is 4.76. The highest BCUT2D eigenvalue weighted by Gasteiger charge is 2.10. The van der Waals surface area contributed by atoms with Crippen molar-refractivity contribution in [2.45, 2.75) is 26.9 Å². The smallest absolute Gasteiger partial charge is 0.251 e. The number of nitrogens with one attached hydrogen (secondary N) is 2. The number of quaternary nitrogens is 1. The van der Waals surface area contributed by atoms with E-state index in [2.05, 4.69) is 60.0 Å². The van der Waals surface area contributed by atoms with Gasteiger partial charge in [0.15, 0.2) is 0 Å². The Labute approximate surface area is 152 Å². The Bertz CT molecular complexity index is 653. The van der Waals surface area contributed by atoms with E-state index < -0.39 is 0 Å². The van der Waals surface area contributed by atoms with Crippen molar-refractivity contribution in [2.75, 3.05) is 13.1 Å². The largest absolute Gasteiger partial charge is 0.348 e. The van der Waals surface area contributed by atoms with Crippen molar-refractivity contribution in [1.29, 1.82) is 0 Å². The molecule has 0 saturated heterocycles. The summed E-state index contributed by atoms with van der Waals surface area (Å²) in [5.41, 5.74) is 3.23. The van der Waals surface area contributed by atoms with Crippen molar-refractivity contribution in [3.63, 3.8) is 0 Å². The first-order chi connectivity index (χ1) is 11.1. The van der Waals surface area contributed by atoms with Gasteiger partial charge in [-0.1, -0.05) is 30.3 Å². The van der Waals surface area contributed by atoms with Gasteiger partial charge >= 0.3 is 0 Å². The molecule has 0 saturated carbocycles. The van der Waals surface area contributed by atoms with Gasteiger partial charge in [0.05, 0.1) is 13.1 Å². The number of benzene rings is 2. The van der Waals surface area contributed by atoms with Crippen molar-refractivity contribution in [1.82, 2.24) is 5.32 Å². The molecule has 4 heteroatoms. The van der Waals surface area contributed by atoms with E-state index in [0.29, 0.717) is 12.1 Å². The van der Waals surface area contributed by atoms with Crippen LogP contribution in [-0.4, -0.2) is 19.0 Å². The Morgan fingerprint density at radius 1 is 1.04 bits per heavy atom. The van der Waals surface area contributed by atoms with Gasteiger partial charge in [-0.15, -0.1) is 0 Å². The summed E-state index contributed by atoms with van der Waals surface area (Å²) in [4.78, 5) is 13.8. The average molecular weight is 423 g/mol. The third kappa shape index (κ3) is 5.32. The van der Waals surface area contributed by atoms with Gasteiger partial charge in [-0.25, -0.2) is 0 Å². The van der Waals surface area contributed by atoms with E-state index in [9.17, 15) is 4.79 Å². The molecule has 1 amide bonds. The van der Waals surface area contributed by atoms with E-state index in [1.54, 1.807) is 4.90 Å². The van der Waals surface area contributed by atoms with Crippen molar-refractivity contribution >= 4 is 28.5 Å². The zero-order valence-corrected chi connectivity index (χ0v) is 15.9. The number of rotatable bonds is 7. The van der Waals surface area contributed by atoms with Crippen LogP contribution in [0.25, 0.3) is 0 Å². The van der Waals surface area contributed by atoms with Crippen LogP contribution in [0.15, 0.2) is 48.5 Å². The van der Waals surface area contributed by atoms with Crippen LogP contribution < -0.4 is 10.2 Å². The Balaban J connectivity index is 2.04. The Kier molecular flexibility index (Phi) is 7.05. The van der Waals surface area contributed by atoms with Crippen molar-refractivity contribution in [2.24, 2.45) is 0 Å². The van der Waals surface area contributed by atoms with Crippen LogP contribution in [0.4, 0.5) is 0 Å².